The Morgan fingerprint density at radius 2 is 1.74 bits per heavy atom. The Hall–Kier alpha value is -3.31. The van der Waals surface area contributed by atoms with Crippen LogP contribution in [0.15, 0.2) is 41.3 Å². The topological polar surface area (TPSA) is 130 Å². The number of fused-ring (bicyclic) bond motifs is 1. The van der Waals surface area contributed by atoms with E-state index in [0.29, 0.717) is 0 Å². The lowest BCUT2D eigenvalue weighted by Crippen LogP contribution is -2.54. The highest BCUT2D eigenvalue weighted by atomic mass is 35.5. The summed E-state index contributed by atoms with van der Waals surface area (Å²) in [4.78, 5) is 49.3. The molecule has 31 heavy (non-hydrogen) atoms. The van der Waals surface area contributed by atoms with Gasteiger partial charge in [0.2, 0.25) is 11.8 Å². The van der Waals surface area contributed by atoms with Gasteiger partial charge in [-0.15, -0.1) is 0 Å². The van der Waals surface area contributed by atoms with Crippen LogP contribution in [-0.4, -0.2) is 43.0 Å². The number of nitrogens with one attached hydrogen (secondary N) is 2. The summed E-state index contributed by atoms with van der Waals surface area (Å²) in [5.41, 5.74) is -0.136. The number of imide groups is 2. The Labute approximate surface area is 180 Å². The van der Waals surface area contributed by atoms with Crippen molar-refractivity contribution in [2.75, 3.05) is 4.72 Å². The number of carbonyl (C=O) groups excluding carboxylic acids is 4. The van der Waals surface area contributed by atoms with E-state index in [-0.39, 0.29) is 39.6 Å². The second-order valence-corrected chi connectivity index (χ2v) is 8.95. The van der Waals surface area contributed by atoms with Crippen molar-refractivity contribution in [3.05, 3.63) is 58.4 Å². The SMILES string of the molecule is O=C1CCC(N2C(=O)c3ccc(NS(=O)(=O)c4ccc(F)cc4Cl)cc3C2=O)C(=O)N1. The van der Waals surface area contributed by atoms with Gasteiger partial charge in [-0.05, 0) is 42.8 Å². The van der Waals surface area contributed by atoms with Gasteiger partial charge in [0, 0.05) is 12.1 Å². The quantitative estimate of drug-likeness (QED) is 0.661. The van der Waals surface area contributed by atoms with Crippen LogP contribution < -0.4 is 10.0 Å². The third-order valence-corrected chi connectivity index (χ3v) is 6.74. The summed E-state index contributed by atoms with van der Waals surface area (Å²) in [5, 5.41) is 1.76. The van der Waals surface area contributed by atoms with Gasteiger partial charge in [-0.3, -0.25) is 34.1 Å². The number of nitrogens with zero attached hydrogens (tertiary/aromatic N) is 1. The summed E-state index contributed by atoms with van der Waals surface area (Å²) in [6.07, 6.45) is -0.0218. The number of hydrogen-bond acceptors (Lipinski definition) is 6. The van der Waals surface area contributed by atoms with Crippen LogP contribution in [0.4, 0.5) is 10.1 Å². The first-order chi connectivity index (χ1) is 14.6. The molecule has 2 N–H and O–H groups in total. The van der Waals surface area contributed by atoms with Crippen LogP contribution in [-0.2, 0) is 19.6 Å². The minimum atomic E-state index is -4.22. The zero-order chi connectivity index (χ0) is 22.5. The fraction of sp³-hybridized carbons (Fsp3) is 0.158. The molecule has 1 fully saturated rings. The number of benzene rings is 2. The summed E-state index contributed by atoms with van der Waals surface area (Å²) in [6.45, 7) is 0. The molecule has 0 spiro atoms. The van der Waals surface area contributed by atoms with Crippen LogP contribution >= 0.6 is 11.6 Å². The van der Waals surface area contributed by atoms with Crippen LogP contribution in [0, 0.1) is 5.82 Å². The number of rotatable bonds is 4. The zero-order valence-electron chi connectivity index (χ0n) is 15.5. The van der Waals surface area contributed by atoms with Crippen molar-refractivity contribution < 1.29 is 32.0 Å². The first-order valence-corrected chi connectivity index (χ1v) is 10.8. The molecule has 0 saturated carbocycles. The van der Waals surface area contributed by atoms with Gasteiger partial charge < -0.3 is 0 Å². The standard InChI is InChI=1S/C19H13ClFN3O6S/c20-13-7-9(21)1-5-15(13)31(29,30)23-10-2-3-11-12(8-10)19(28)24(18(11)27)14-4-6-16(25)22-17(14)26/h1-3,5,7-8,14,23H,4,6H2,(H,22,25,26). The van der Waals surface area contributed by atoms with Gasteiger partial charge in [-0.1, -0.05) is 11.6 Å². The highest BCUT2D eigenvalue weighted by Gasteiger charge is 2.44. The highest BCUT2D eigenvalue weighted by Crippen LogP contribution is 2.31. The van der Waals surface area contributed by atoms with Gasteiger partial charge in [0.25, 0.3) is 21.8 Å². The van der Waals surface area contributed by atoms with E-state index in [1.807, 2.05) is 0 Å². The molecule has 0 radical (unpaired) electrons. The molecule has 9 nitrogen and oxygen atoms in total. The second kappa shape index (κ2) is 7.43. The van der Waals surface area contributed by atoms with Crippen LogP contribution in [0.25, 0.3) is 0 Å². The van der Waals surface area contributed by atoms with E-state index in [2.05, 4.69) is 10.0 Å². The second-order valence-electron chi connectivity index (χ2n) is 6.89. The molecule has 1 saturated heterocycles. The number of sulfonamides is 1. The van der Waals surface area contributed by atoms with Crippen LogP contribution in [0.5, 0.6) is 0 Å². The minimum Gasteiger partial charge on any atom is -0.295 e. The van der Waals surface area contributed by atoms with E-state index in [1.165, 1.54) is 12.1 Å². The smallest absolute Gasteiger partial charge is 0.263 e. The van der Waals surface area contributed by atoms with E-state index < -0.39 is 45.5 Å². The summed E-state index contributed by atoms with van der Waals surface area (Å²) < 4.78 is 40.6. The van der Waals surface area contributed by atoms with Gasteiger partial charge in [0.15, 0.2) is 0 Å². The highest BCUT2D eigenvalue weighted by molar-refractivity contribution is 7.92. The lowest BCUT2D eigenvalue weighted by Gasteiger charge is -2.27. The van der Waals surface area contributed by atoms with E-state index >= 15 is 0 Å². The third kappa shape index (κ3) is 3.66. The lowest BCUT2D eigenvalue weighted by atomic mass is 10.0. The molecular formula is C19H13ClFN3O6S. The van der Waals surface area contributed by atoms with E-state index in [1.54, 1.807) is 0 Å². The molecule has 160 valence electrons. The molecule has 4 rings (SSSR count). The molecule has 0 bridgehead atoms. The normalized spacial score (nSPS) is 18.8. The Bertz CT molecular complexity index is 1280. The Balaban J connectivity index is 1.63. The molecule has 0 aromatic heterocycles. The summed E-state index contributed by atoms with van der Waals surface area (Å²) in [7, 11) is -4.22. The fourth-order valence-corrected chi connectivity index (χ4v) is 5.02. The first kappa shape index (κ1) is 20.9. The first-order valence-electron chi connectivity index (χ1n) is 8.92. The zero-order valence-corrected chi connectivity index (χ0v) is 17.1. The molecular weight excluding hydrogens is 453 g/mol. The van der Waals surface area contributed by atoms with Gasteiger partial charge in [-0.2, -0.15) is 0 Å². The molecule has 2 aliphatic rings. The van der Waals surface area contributed by atoms with Crippen molar-refractivity contribution in [1.82, 2.24) is 10.2 Å². The van der Waals surface area contributed by atoms with E-state index in [9.17, 15) is 32.0 Å². The largest absolute Gasteiger partial charge is 0.295 e. The average molecular weight is 466 g/mol. The molecule has 2 aromatic rings. The number of halogens is 2. The van der Waals surface area contributed by atoms with E-state index in [4.69, 9.17) is 11.6 Å². The fourth-order valence-electron chi connectivity index (χ4n) is 3.44. The number of amides is 4. The lowest BCUT2D eigenvalue weighted by molar-refractivity contribution is -0.136. The van der Waals surface area contributed by atoms with E-state index in [0.717, 1.165) is 29.2 Å². The number of anilines is 1. The van der Waals surface area contributed by atoms with Crippen LogP contribution in [0.1, 0.15) is 33.6 Å². The van der Waals surface area contributed by atoms with Gasteiger partial charge in [-0.25, -0.2) is 12.8 Å². The summed E-state index contributed by atoms with van der Waals surface area (Å²) >= 11 is 5.82. The predicted molar refractivity (Wildman–Crippen MR) is 105 cm³/mol. The Kier molecular flexibility index (Phi) is 5.02. The van der Waals surface area contributed by atoms with Crippen molar-refractivity contribution in [1.29, 1.82) is 0 Å². The molecule has 4 amide bonds. The molecule has 2 heterocycles. The molecule has 1 atom stereocenters. The van der Waals surface area contributed by atoms with Crippen molar-refractivity contribution >= 4 is 50.9 Å². The number of carbonyl (C=O) groups is 4. The number of hydrogen-bond donors (Lipinski definition) is 2. The molecule has 2 aromatic carbocycles. The molecule has 2 aliphatic heterocycles. The molecule has 1 unspecified atom stereocenters. The predicted octanol–water partition coefficient (Wildman–Crippen LogP) is 1.68. The third-order valence-electron chi connectivity index (χ3n) is 4.88. The molecule has 0 aliphatic carbocycles. The molecule has 12 heteroatoms. The maximum absolute atomic E-state index is 13.2. The average Bonchev–Trinajstić information content (AvgIpc) is 2.92. The van der Waals surface area contributed by atoms with Crippen molar-refractivity contribution in [3.8, 4) is 0 Å². The maximum Gasteiger partial charge on any atom is 0.263 e. The summed E-state index contributed by atoms with van der Waals surface area (Å²) in [5.74, 6) is -3.45. The number of piperidine rings is 1. The van der Waals surface area contributed by atoms with Gasteiger partial charge in [0.1, 0.15) is 16.8 Å². The minimum absolute atomic E-state index is 0.00130. The van der Waals surface area contributed by atoms with Crippen molar-refractivity contribution in [3.63, 3.8) is 0 Å². The Morgan fingerprint density at radius 1 is 1.03 bits per heavy atom. The van der Waals surface area contributed by atoms with Gasteiger partial charge in [0.05, 0.1) is 16.1 Å². The monoisotopic (exact) mass is 465 g/mol. The maximum atomic E-state index is 13.2. The van der Waals surface area contributed by atoms with Gasteiger partial charge >= 0.3 is 0 Å². The van der Waals surface area contributed by atoms with Crippen LogP contribution in [0.3, 0.4) is 0 Å². The summed E-state index contributed by atoms with van der Waals surface area (Å²) in [6, 6.07) is 5.33. The van der Waals surface area contributed by atoms with Crippen LogP contribution in [0.2, 0.25) is 5.02 Å². The van der Waals surface area contributed by atoms with Crippen molar-refractivity contribution in [2.24, 2.45) is 0 Å². The Morgan fingerprint density at radius 3 is 2.42 bits per heavy atom. The van der Waals surface area contributed by atoms with Crippen molar-refractivity contribution in [2.45, 2.75) is 23.8 Å².